The van der Waals surface area contributed by atoms with E-state index in [9.17, 15) is 0 Å². The van der Waals surface area contributed by atoms with Crippen LogP contribution >= 0.6 is 23.4 Å². The summed E-state index contributed by atoms with van der Waals surface area (Å²) >= 11 is 7.97. The second-order valence-electron chi connectivity index (χ2n) is 3.95. The third kappa shape index (κ3) is 1.84. The van der Waals surface area contributed by atoms with Gasteiger partial charge in [-0.05, 0) is 26.0 Å². The Morgan fingerprint density at radius 3 is 2.93 bits per heavy atom. The van der Waals surface area contributed by atoms with Crippen molar-refractivity contribution in [1.82, 2.24) is 4.98 Å². The van der Waals surface area contributed by atoms with Crippen LogP contribution in [0, 0.1) is 0 Å². The molecule has 1 fully saturated rings. The molecule has 14 heavy (non-hydrogen) atoms. The van der Waals surface area contributed by atoms with Crippen molar-refractivity contribution in [3.8, 4) is 0 Å². The number of rotatable bonds is 2. The Morgan fingerprint density at radius 2 is 2.43 bits per heavy atom. The molecule has 0 aliphatic carbocycles. The Morgan fingerprint density at radius 1 is 1.64 bits per heavy atom. The van der Waals surface area contributed by atoms with Crippen LogP contribution in [-0.2, 0) is 0 Å². The maximum absolute atomic E-state index is 6.01. The summed E-state index contributed by atoms with van der Waals surface area (Å²) in [6.07, 6.45) is 1.76. The molecule has 0 radical (unpaired) electrons. The number of hydrogen-bond acceptors (Lipinski definition) is 3. The molecular formula is C10H13ClN2S. The van der Waals surface area contributed by atoms with E-state index in [0.29, 0.717) is 15.8 Å². The topological polar surface area (TPSA) is 24.9 Å². The van der Waals surface area contributed by atoms with Crippen LogP contribution in [0.5, 0.6) is 0 Å². The van der Waals surface area contributed by atoms with E-state index < -0.39 is 0 Å². The molecule has 0 amide bonds. The summed E-state index contributed by atoms with van der Waals surface area (Å²) in [5.74, 6) is 1.92. The molecule has 1 aliphatic heterocycles. The molecule has 1 aliphatic rings. The van der Waals surface area contributed by atoms with Gasteiger partial charge in [0.25, 0.3) is 0 Å². The highest BCUT2D eigenvalue weighted by Gasteiger charge is 2.39. The average Bonchev–Trinajstić information content (AvgIpc) is 2.15. The zero-order valence-electron chi connectivity index (χ0n) is 8.25. The summed E-state index contributed by atoms with van der Waals surface area (Å²) < 4.78 is 0.293. The van der Waals surface area contributed by atoms with Crippen molar-refractivity contribution in [1.29, 1.82) is 0 Å². The zero-order chi connectivity index (χ0) is 10.2. The minimum atomic E-state index is 0.293. The molecule has 76 valence electrons. The van der Waals surface area contributed by atoms with Crippen LogP contribution in [0.15, 0.2) is 18.3 Å². The number of hydrogen-bond donors (Lipinski definition) is 1. The average molecular weight is 229 g/mol. The molecule has 2 nitrogen and oxygen atoms in total. The lowest BCUT2D eigenvalue weighted by molar-refractivity contribution is 0.575. The summed E-state index contributed by atoms with van der Waals surface area (Å²) in [6, 6.07) is 4.17. The van der Waals surface area contributed by atoms with Gasteiger partial charge in [-0.2, -0.15) is 11.8 Å². The lowest BCUT2D eigenvalue weighted by atomic mass is 10.0. The first-order valence-electron chi connectivity index (χ1n) is 4.60. The van der Waals surface area contributed by atoms with Crippen molar-refractivity contribution in [3.05, 3.63) is 23.4 Å². The summed E-state index contributed by atoms with van der Waals surface area (Å²) in [5.41, 5.74) is 0. The number of aromatic nitrogens is 1. The van der Waals surface area contributed by atoms with Crippen molar-refractivity contribution >= 4 is 29.2 Å². The summed E-state index contributed by atoms with van der Waals surface area (Å²) in [4.78, 5) is 4.21. The number of halogens is 1. The maximum atomic E-state index is 6.01. The Hall–Kier alpha value is -0.410. The minimum Gasteiger partial charge on any atom is -0.364 e. The van der Waals surface area contributed by atoms with Crippen molar-refractivity contribution in [2.45, 2.75) is 24.6 Å². The van der Waals surface area contributed by atoms with Gasteiger partial charge in [-0.3, -0.25) is 0 Å². The zero-order valence-corrected chi connectivity index (χ0v) is 9.82. The molecule has 1 aromatic rings. The third-order valence-corrected chi connectivity index (χ3v) is 4.36. The Balaban J connectivity index is 2.08. The molecule has 1 unspecified atom stereocenters. The molecule has 0 spiro atoms. The number of thioether (sulfide) groups is 1. The highest BCUT2D eigenvalue weighted by Crippen LogP contribution is 2.41. The summed E-state index contributed by atoms with van der Waals surface area (Å²) in [7, 11) is 0. The molecule has 1 aromatic heterocycles. The van der Waals surface area contributed by atoms with E-state index in [1.165, 1.54) is 0 Å². The van der Waals surface area contributed by atoms with Gasteiger partial charge in [0.1, 0.15) is 5.82 Å². The first-order valence-corrected chi connectivity index (χ1v) is 5.97. The largest absolute Gasteiger partial charge is 0.364 e. The summed E-state index contributed by atoms with van der Waals surface area (Å²) in [5, 5.41) is 4.07. The van der Waals surface area contributed by atoms with Crippen molar-refractivity contribution < 1.29 is 0 Å². The van der Waals surface area contributed by atoms with Gasteiger partial charge >= 0.3 is 0 Å². The van der Waals surface area contributed by atoms with Gasteiger partial charge in [0.15, 0.2) is 0 Å². The van der Waals surface area contributed by atoms with E-state index in [1.807, 2.05) is 23.9 Å². The molecule has 1 atom stereocenters. The van der Waals surface area contributed by atoms with Gasteiger partial charge in [0, 0.05) is 16.7 Å². The van der Waals surface area contributed by atoms with Crippen LogP contribution in [-0.4, -0.2) is 21.5 Å². The van der Waals surface area contributed by atoms with Crippen LogP contribution in [0.1, 0.15) is 13.8 Å². The molecule has 1 N–H and O–H groups in total. The van der Waals surface area contributed by atoms with E-state index in [2.05, 4.69) is 24.1 Å². The fourth-order valence-corrected chi connectivity index (χ4v) is 2.69. The van der Waals surface area contributed by atoms with Gasteiger partial charge in [0.05, 0.1) is 11.1 Å². The predicted octanol–water partition coefficient (Wildman–Crippen LogP) is 3.04. The van der Waals surface area contributed by atoms with Gasteiger partial charge in [-0.15, -0.1) is 0 Å². The molecule has 1 saturated heterocycles. The Kier molecular flexibility index (Phi) is 2.62. The minimum absolute atomic E-state index is 0.293. The van der Waals surface area contributed by atoms with E-state index in [4.69, 9.17) is 11.6 Å². The normalized spacial score (nSPS) is 24.1. The van der Waals surface area contributed by atoms with Crippen molar-refractivity contribution in [2.75, 3.05) is 11.1 Å². The van der Waals surface area contributed by atoms with E-state index in [0.717, 1.165) is 11.6 Å². The molecule has 4 heteroatoms. The van der Waals surface area contributed by atoms with Crippen LogP contribution in [0.2, 0.25) is 5.02 Å². The van der Waals surface area contributed by atoms with Gasteiger partial charge in [0.2, 0.25) is 0 Å². The fraction of sp³-hybridized carbons (Fsp3) is 0.500. The third-order valence-electron chi connectivity index (χ3n) is 2.53. The molecule has 0 aromatic carbocycles. The number of nitrogens with one attached hydrogen (secondary N) is 1. The van der Waals surface area contributed by atoms with Gasteiger partial charge in [-0.25, -0.2) is 4.98 Å². The monoisotopic (exact) mass is 228 g/mol. The summed E-state index contributed by atoms with van der Waals surface area (Å²) in [6.45, 7) is 4.46. The van der Waals surface area contributed by atoms with Crippen LogP contribution < -0.4 is 5.32 Å². The lowest BCUT2D eigenvalue weighted by Gasteiger charge is -2.44. The van der Waals surface area contributed by atoms with E-state index in [-0.39, 0.29) is 0 Å². The molecule has 0 saturated carbocycles. The van der Waals surface area contributed by atoms with Gasteiger partial charge < -0.3 is 5.32 Å². The number of pyridine rings is 1. The van der Waals surface area contributed by atoms with Crippen molar-refractivity contribution in [3.63, 3.8) is 0 Å². The van der Waals surface area contributed by atoms with Crippen LogP contribution in [0.25, 0.3) is 0 Å². The second-order valence-corrected chi connectivity index (χ2v) is 6.03. The van der Waals surface area contributed by atoms with Gasteiger partial charge in [-0.1, -0.05) is 11.6 Å². The van der Waals surface area contributed by atoms with E-state index in [1.54, 1.807) is 6.20 Å². The molecule has 2 heterocycles. The maximum Gasteiger partial charge on any atom is 0.145 e. The molecule has 0 bridgehead atoms. The Labute approximate surface area is 93.4 Å². The smallest absolute Gasteiger partial charge is 0.145 e. The Bertz CT molecular complexity index is 341. The quantitative estimate of drug-likeness (QED) is 0.843. The predicted molar refractivity (Wildman–Crippen MR) is 63.2 cm³/mol. The second kappa shape index (κ2) is 3.63. The first-order chi connectivity index (χ1) is 6.59. The first kappa shape index (κ1) is 10.1. The number of anilines is 1. The highest BCUT2D eigenvalue weighted by molar-refractivity contribution is 8.02. The molecular weight excluding hydrogens is 216 g/mol. The van der Waals surface area contributed by atoms with Crippen LogP contribution in [0.3, 0.4) is 0 Å². The SMILES string of the molecule is CC1(C)SCC1Nc1ncccc1Cl. The van der Waals surface area contributed by atoms with Crippen LogP contribution in [0.4, 0.5) is 5.82 Å². The standard InChI is InChI=1S/C10H13ClN2S/c1-10(2)8(6-14-10)13-9-7(11)4-3-5-12-9/h3-5,8H,6H2,1-2H3,(H,12,13). The fourth-order valence-electron chi connectivity index (χ4n) is 1.37. The van der Waals surface area contributed by atoms with E-state index >= 15 is 0 Å². The molecule has 2 rings (SSSR count). The lowest BCUT2D eigenvalue weighted by Crippen LogP contribution is -2.50. The number of nitrogens with zero attached hydrogens (tertiary/aromatic N) is 1. The highest BCUT2D eigenvalue weighted by atomic mass is 35.5. The van der Waals surface area contributed by atoms with Crippen molar-refractivity contribution in [2.24, 2.45) is 0 Å².